The quantitative estimate of drug-likeness (QED) is 0.00850. The Hall–Kier alpha value is -8.37. The zero-order chi connectivity index (χ0) is 52.1. The van der Waals surface area contributed by atoms with Gasteiger partial charge in [-0.3, -0.25) is 63.4 Å². The van der Waals surface area contributed by atoms with Crippen LogP contribution in [0.25, 0.3) is 20.9 Å². The fraction of sp³-hybridized carbons (Fsp3) is 0.312. The van der Waals surface area contributed by atoms with Crippen LogP contribution in [0, 0.1) is 20.2 Å². The minimum Gasteiger partial charge on any atom is -0.747 e. The summed E-state index contributed by atoms with van der Waals surface area (Å²) >= 11 is 0. The van der Waals surface area contributed by atoms with Crippen LogP contribution < -0.4 is 62.7 Å². The van der Waals surface area contributed by atoms with Crippen LogP contribution in [-0.2, 0) is 53.3 Å². The molecule has 3 rings (SSSR count). The number of nitrogens with two attached hydrogens (primary N) is 3. The summed E-state index contributed by atoms with van der Waals surface area (Å²) in [5, 5.41) is 49.2. The molecule has 0 aromatic heterocycles. The first-order valence-corrected chi connectivity index (χ1v) is 19.4. The first kappa shape index (κ1) is 60.6. The molecule has 1 saturated heterocycles. The molecule has 11 N–H and O–H groups in total. The molecule has 69 heavy (non-hydrogen) atoms. The van der Waals surface area contributed by atoms with Gasteiger partial charge in [-0.05, 0) is 36.0 Å². The topological polar surface area (TPSA) is 579 Å². The Labute approximate surface area is 405 Å². The average molecular weight is 1000 g/mol. The Morgan fingerprint density at radius 2 is 1.28 bits per heavy atom. The second-order valence-corrected chi connectivity index (χ2v) is 14.3. The molecule has 1 aliphatic rings. The number of aliphatic carboxylic acids is 2. The monoisotopic (exact) mass is 1000 g/mol. The summed E-state index contributed by atoms with van der Waals surface area (Å²) in [6, 6.07) is 3.41. The number of carboxylic acid groups (broad SMARTS) is 2. The molecule has 37 heteroatoms. The minimum absolute atomic E-state index is 0. The number of carbonyl (C=O) groups is 10. The van der Waals surface area contributed by atoms with Crippen LogP contribution in [0.3, 0.4) is 0 Å². The summed E-state index contributed by atoms with van der Waals surface area (Å²) in [7, 11) is -5.16. The summed E-state index contributed by atoms with van der Waals surface area (Å²) in [4.78, 5) is 142. The molecule has 7 amide bonds. The fourth-order valence-electron chi connectivity index (χ4n) is 4.77. The van der Waals surface area contributed by atoms with Crippen LogP contribution in [0.4, 0.5) is 22.7 Å². The van der Waals surface area contributed by atoms with Gasteiger partial charge in [-0.2, -0.15) is 0 Å². The van der Waals surface area contributed by atoms with E-state index in [1.165, 1.54) is 0 Å². The molecule has 3 unspecified atom stereocenters. The van der Waals surface area contributed by atoms with Crippen molar-refractivity contribution in [2.75, 3.05) is 13.1 Å². The number of nitrogens with zero attached hydrogens (tertiary/aromatic N) is 9. The van der Waals surface area contributed by atoms with E-state index >= 15 is 0 Å². The number of nitro benzene ring substituents is 2. The number of azide groups is 2. The predicted octanol–water partition coefficient (Wildman–Crippen LogP) is -4.83. The van der Waals surface area contributed by atoms with Crippen LogP contribution in [0.1, 0.15) is 52.8 Å². The van der Waals surface area contributed by atoms with Crippen molar-refractivity contribution < 1.29 is 115 Å². The third-order valence-electron chi connectivity index (χ3n) is 7.89. The molecule has 0 aliphatic carbocycles. The van der Waals surface area contributed by atoms with E-state index in [9.17, 15) is 81.1 Å². The Bertz CT molecular complexity index is 2600. The largest absolute Gasteiger partial charge is 1.00 e. The first-order chi connectivity index (χ1) is 31.6. The Morgan fingerprint density at radius 1 is 0.826 bits per heavy atom. The predicted molar refractivity (Wildman–Crippen MR) is 217 cm³/mol. The van der Waals surface area contributed by atoms with Gasteiger partial charge in [0.1, 0.15) is 45.6 Å². The number of rotatable bonds is 21. The Kier molecular flexibility index (Phi) is 25.1. The molecule has 1 fully saturated rings. The number of amides is 7. The SMILES string of the molecule is NC(=O)CCC(N)C(=O)NCC(=O)O.[N-]=[N+]=Nc1ccc(C(=O)NC(CCC(N)=O)C(=O)NCC(=O)O)c([N+](=O)[O-])c1.[N-]=[N+]=Nc1ccc(C(=O)ON2C(=O)CC(S(=O)(=O)[O-])C2=O)c([N+](=O)[O-])c1.[Na+]. The number of hydroxylamine groups is 2. The number of carbonyl (C=O) groups excluding carboxylic acids is 8. The molecular formula is C32H34N15NaO20S. The smallest absolute Gasteiger partial charge is 0.747 e. The van der Waals surface area contributed by atoms with E-state index in [0.29, 0.717) is 0 Å². The molecular weight excluding hydrogens is 969 g/mol. The van der Waals surface area contributed by atoms with Crippen LogP contribution in [-0.4, -0.2) is 128 Å². The van der Waals surface area contributed by atoms with Crippen LogP contribution in [0.15, 0.2) is 46.6 Å². The molecule has 1 heterocycles. The standard InChI is InChI=1S/C14H15N7O7.C11H7N5O9S.C7H13N3O4.Na/c15-11(22)4-3-9(14(26)17-6-12(23)24)18-13(25)8-2-1-7(19-20-16)5-10(8)21(27)28;12-14-13-5-1-2-6(7(3-5)16(20)21)11(19)25-15-9(17)4-8(10(15)18)26(22,23)24;8-4(1-2-5(9)11)7(14)10-3-6(12)13;/h1-2,5,9H,3-4,6H2,(H2,15,22)(H,17,26)(H,18,25)(H,23,24);1-3,8H,4H2,(H,22,23,24);4H,1-3,8H2,(H2,9,11)(H,10,14)(H,12,13);/q;;;+1/p-1. The molecule has 0 saturated carbocycles. The number of nitrogens with one attached hydrogen (secondary N) is 3. The number of primary amides is 2. The van der Waals surface area contributed by atoms with Crippen molar-refractivity contribution >= 4 is 92.1 Å². The van der Waals surface area contributed by atoms with E-state index in [4.69, 9.17) is 38.5 Å². The van der Waals surface area contributed by atoms with E-state index < -0.39 is 139 Å². The summed E-state index contributed by atoms with van der Waals surface area (Å²) in [5.74, 6) is -10.7. The van der Waals surface area contributed by atoms with Gasteiger partial charge in [-0.15, -0.1) is 5.06 Å². The van der Waals surface area contributed by atoms with Gasteiger partial charge in [0, 0.05) is 46.2 Å². The van der Waals surface area contributed by atoms with Gasteiger partial charge < -0.3 is 52.8 Å². The molecule has 3 atom stereocenters. The van der Waals surface area contributed by atoms with Crippen molar-refractivity contribution in [1.29, 1.82) is 0 Å². The van der Waals surface area contributed by atoms with Crippen LogP contribution in [0.5, 0.6) is 0 Å². The van der Waals surface area contributed by atoms with Crippen LogP contribution in [0.2, 0.25) is 0 Å². The number of hydrogen-bond donors (Lipinski definition) is 8. The summed E-state index contributed by atoms with van der Waals surface area (Å²) in [6.07, 6.45) is -1.46. The number of benzene rings is 2. The molecule has 2 aromatic rings. The summed E-state index contributed by atoms with van der Waals surface area (Å²) in [5.41, 5.74) is 28.9. The maximum absolute atomic E-state index is 12.4. The van der Waals surface area contributed by atoms with Gasteiger partial charge in [0.2, 0.25) is 23.6 Å². The second-order valence-electron chi connectivity index (χ2n) is 12.8. The maximum Gasteiger partial charge on any atom is 1.00 e. The van der Waals surface area contributed by atoms with Gasteiger partial charge >= 0.3 is 47.5 Å². The van der Waals surface area contributed by atoms with E-state index in [-0.39, 0.29) is 71.7 Å². The number of carboxylic acids is 2. The molecule has 364 valence electrons. The van der Waals surface area contributed by atoms with Crippen LogP contribution >= 0.6 is 0 Å². The normalized spacial score (nSPS) is 13.2. The maximum atomic E-state index is 12.4. The summed E-state index contributed by atoms with van der Waals surface area (Å²) in [6.45, 7) is -1.22. The van der Waals surface area contributed by atoms with E-state index in [0.717, 1.165) is 36.4 Å². The fourth-order valence-corrected chi connectivity index (χ4v) is 5.46. The van der Waals surface area contributed by atoms with E-state index in [1.807, 2.05) is 5.32 Å². The zero-order valence-electron chi connectivity index (χ0n) is 35.1. The molecule has 1 aliphatic heterocycles. The van der Waals surface area contributed by atoms with Crippen molar-refractivity contribution in [3.63, 3.8) is 0 Å². The van der Waals surface area contributed by atoms with Gasteiger partial charge in [-0.1, -0.05) is 22.4 Å². The second kappa shape index (κ2) is 28.6. The molecule has 0 radical (unpaired) electrons. The van der Waals surface area contributed by atoms with Crippen molar-refractivity contribution in [2.45, 2.75) is 49.4 Å². The molecule has 35 nitrogen and oxygen atoms in total. The van der Waals surface area contributed by atoms with Gasteiger partial charge in [0.25, 0.3) is 29.1 Å². The van der Waals surface area contributed by atoms with Crippen molar-refractivity contribution in [2.24, 2.45) is 27.4 Å². The molecule has 0 spiro atoms. The number of nitro groups is 2. The van der Waals surface area contributed by atoms with Crippen molar-refractivity contribution in [3.05, 3.63) is 88.6 Å². The zero-order valence-corrected chi connectivity index (χ0v) is 37.9. The first-order valence-electron chi connectivity index (χ1n) is 18.0. The Balaban J connectivity index is 0.00000105. The number of imide groups is 1. The average Bonchev–Trinajstić information content (AvgIpc) is 3.54. The van der Waals surface area contributed by atoms with Gasteiger partial charge in [-0.25, -0.2) is 13.2 Å². The van der Waals surface area contributed by atoms with Crippen molar-refractivity contribution in [1.82, 2.24) is 21.0 Å². The van der Waals surface area contributed by atoms with Gasteiger partial charge in [0.15, 0.2) is 0 Å². The van der Waals surface area contributed by atoms with E-state index in [2.05, 4.69) is 35.5 Å². The Morgan fingerprint density at radius 3 is 1.70 bits per heavy atom. The third-order valence-corrected chi connectivity index (χ3v) is 8.96. The summed E-state index contributed by atoms with van der Waals surface area (Å²) < 4.78 is 32.7. The van der Waals surface area contributed by atoms with E-state index in [1.54, 1.807) is 0 Å². The third kappa shape index (κ3) is 20.8. The van der Waals surface area contributed by atoms with Crippen molar-refractivity contribution in [3.8, 4) is 0 Å². The molecule has 2 aromatic carbocycles. The molecule has 0 bridgehead atoms. The minimum atomic E-state index is -5.16. The van der Waals surface area contributed by atoms with Gasteiger partial charge in [0.05, 0.1) is 22.3 Å². The number of hydrogen-bond acceptors (Lipinski definition) is 21.